The van der Waals surface area contributed by atoms with Crippen molar-refractivity contribution in [3.8, 4) is 0 Å². The number of hydrogen-bond acceptors (Lipinski definition) is 2. The number of halogens is 1. The average molecular weight is 336 g/mol. The molecule has 0 fully saturated rings. The van der Waals surface area contributed by atoms with E-state index in [4.69, 9.17) is 0 Å². The summed E-state index contributed by atoms with van der Waals surface area (Å²) in [5.41, 5.74) is 2.68. The summed E-state index contributed by atoms with van der Waals surface area (Å²) in [7, 11) is 1.99. The lowest BCUT2D eigenvalue weighted by atomic mass is 10.1. The molecule has 0 amide bonds. The van der Waals surface area contributed by atoms with Crippen LogP contribution < -0.4 is 5.32 Å². The van der Waals surface area contributed by atoms with Gasteiger partial charge in [-0.15, -0.1) is 11.8 Å². The third-order valence-corrected chi connectivity index (χ3v) is 4.74. The Morgan fingerprint density at radius 3 is 2.26 bits per heavy atom. The van der Waals surface area contributed by atoms with E-state index in [9.17, 15) is 0 Å². The van der Waals surface area contributed by atoms with Crippen molar-refractivity contribution in [3.05, 3.63) is 64.1 Å². The van der Waals surface area contributed by atoms with Crippen molar-refractivity contribution in [2.75, 3.05) is 7.05 Å². The Bertz CT molecular complexity index is 507. The molecule has 0 saturated carbocycles. The Labute approximate surface area is 127 Å². The second kappa shape index (κ2) is 7.13. The number of thioether (sulfide) groups is 1. The molecular formula is C16H18BrNS. The van der Waals surface area contributed by atoms with Gasteiger partial charge in [0.1, 0.15) is 0 Å². The van der Waals surface area contributed by atoms with Crippen molar-refractivity contribution in [2.24, 2.45) is 0 Å². The minimum absolute atomic E-state index is 0.408. The van der Waals surface area contributed by atoms with E-state index in [1.807, 2.05) is 18.8 Å². The number of rotatable bonds is 5. The van der Waals surface area contributed by atoms with Crippen LogP contribution in [0.2, 0.25) is 0 Å². The molecule has 1 N–H and O–H groups in total. The van der Waals surface area contributed by atoms with Crippen LogP contribution in [0.5, 0.6) is 0 Å². The molecule has 2 aromatic carbocycles. The number of hydrogen-bond donors (Lipinski definition) is 1. The molecule has 2 aromatic rings. The first kappa shape index (κ1) is 14.6. The summed E-state index contributed by atoms with van der Waals surface area (Å²) in [5, 5.41) is 3.25. The Hall–Kier alpha value is -0.770. The van der Waals surface area contributed by atoms with Gasteiger partial charge in [-0.3, -0.25) is 0 Å². The predicted octanol–water partition coefficient (Wildman–Crippen LogP) is 5.02. The number of benzene rings is 2. The zero-order valence-electron chi connectivity index (χ0n) is 11.2. The van der Waals surface area contributed by atoms with E-state index in [0.29, 0.717) is 6.04 Å². The van der Waals surface area contributed by atoms with Gasteiger partial charge in [0.2, 0.25) is 0 Å². The van der Waals surface area contributed by atoms with Gasteiger partial charge in [0.05, 0.1) is 0 Å². The Morgan fingerprint density at radius 1 is 1.05 bits per heavy atom. The second-order valence-corrected chi connectivity index (χ2v) is 6.46. The highest BCUT2D eigenvalue weighted by atomic mass is 79.9. The van der Waals surface area contributed by atoms with Gasteiger partial charge < -0.3 is 5.32 Å². The summed E-state index contributed by atoms with van der Waals surface area (Å²) < 4.78 is 1.13. The lowest BCUT2D eigenvalue weighted by molar-refractivity contribution is 0.652. The molecule has 0 radical (unpaired) electrons. The van der Waals surface area contributed by atoms with E-state index in [0.717, 1.165) is 10.2 Å². The van der Waals surface area contributed by atoms with E-state index in [1.54, 1.807) is 0 Å². The second-order valence-electron chi connectivity index (χ2n) is 4.49. The summed E-state index contributed by atoms with van der Waals surface area (Å²) in [5.74, 6) is 1.01. The van der Waals surface area contributed by atoms with Gasteiger partial charge in [-0.2, -0.15) is 0 Å². The van der Waals surface area contributed by atoms with Crippen LogP contribution in [0.4, 0.5) is 0 Å². The maximum absolute atomic E-state index is 3.46. The summed E-state index contributed by atoms with van der Waals surface area (Å²) in [6, 6.07) is 17.7. The lowest BCUT2D eigenvalue weighted by Crippen LogP contribution is -2.11. The largest absolute Gasteiger partial charge is 0.313 e. The summed E-state index contributed by atoms with van der Waals surface area (Å²) >= 11 is 5.33. The quantitative estimate of drug-likeness (QED) is 0.769. The zero-order chi connectivity index (χ0) is 13.7. The monoisotopic (exact) mass is 335 g/mol. The van der Waals surface area contributed by atoms with Crippen molar-refractivity contribution in [1.82, 2.24) is 5.32 Å². The van der Waals surface area contributed by atoms with Crippen LogP contribution in [0.3, 0.4) is 0 Å². The molecule has 1 unspecified atom stereocenters. The number of nitrogens with one attached hydrogen (secondary N) is 1. The fourth-order valence-corrected chi connectivity index (χ4v) is 2.89. The van der Waals surface area contributed by atoms with Gasteiger partial charge in [-0.1, -0.05) is 40.2 Å². The molecule has 1 nitrogen and oxygen atoms in total. The topological polar surface area (TPSA) is 12.0 Å². The van der Waals surface area contributed by atoms with Gasteiger partial charge in [-0.05, 0) is 49.4 Å². The van der Waals surface area contributed by atoms with E-state index >= 15 is 0 Å². The lowest BCUT2D eigenvalue weighted by Gasteiger charge is -2.11. The molecule has 0 heterocycles. The molecule has 1 atom stereocenters. The standard InChI is InChI=1S/C16H18BrNS/c1-12(18-2)14-5-9-16(10-6-14)19-11-13-3-7-15(17)8-4-13/h3-10,12,18H,11H2,1-2H3. The molecule has 0 spiro atoms. The minimum atomic E-state index is 0.408. The molecule has 0 aliphatic carbocycles. The third-order valence-electron chi connectivity index (χ3n) is 3.13. The summed E-state index contributed by atoms with van der Waals surface area (Å²) in [6.45, 7) is 2.17. The molecular weight excluding hydrogens is 318 g/mol. The molecule has 19 heavy (non-hydrogen) atoms. The van der Waals surface area contributed by atoms with Crippen LogP contribution in [0.1, 0.15) is 24.1 Å². The van der Waals surface area contributed by atoms with E-state index in [2.05, 4.69) is 76.7 Å². The van der Waals surface area contributed by atoms with Crippen molar-refractivity contribution >= 4 is 27.7 Å². The smallest absolute Gasteiger partial charge is 0.0289 e. The first-order valence-corrected chi connectivity index (χ1v) is 8.11. The molecule has 2 rings (SSSR count). The fourth-order valence-electron chi connectivity index (χ4n) is 1.77. The fraction of sp³-hybridized carbons (Fsp3) is 0.250. The van der Waals surface area contributed by atoms with Gasteiger partial charge in [0.15, 0.2) is 0 Å². The Balaban J connectivity index is 1.94. The van der Waals surface area contributed by atoms with Crippen LogP contribution >= 0.6 is 27.7 Å². The predicted molar refractivity (Wildman–Crippen MR) is 87.6 cm³/mol. The molecule has 0 saturated heterocycles. The van der Waals surface area contributed by atoms with Gasteiger partial charge in [0, 0.05) is 21.2 Å². The van der Waals surface area contributed by atoms with Crippen molar-refractivity contribution < 1.29 is 0 Å². The highest BCUT2D eigenvalue weighted by Gasteiger charge is 2.02. The molecule has 0 aromatic heterocycles. The van der Waals surface area contributed by atoms with Crippen molar-refractivity contribution in [3.63, 3.8) is 0 Å². The van der Waals surface area contributed by atoms with Crippen LogP contribution in [-0.4, -0.2) is 7.05 Å². The maximum atomic E-state index is 3.46. The molecule has 100 valence electrons. The Kier molecular flexibility index (Phi) is 5.49. The SMILES string of the molecule is CNC(C)c1ccc(SCc2ccc(Br)cc2)cc1. The Morgan fingerprint density at radius 2 is 1.68 bits per heavy atom. The zero-order valence-corrected chi connectivity index (χ0v) is 13.6. The van der Waals surface area contributed by atoms with E-state index in [1.165, 1.54) is 16.0 Å². The minimum Gasteiger partial charge on any atom is -0.313 e. The van der Waals surface area contributed by atoms with Gasteiger partial charge in [-0.25, -0.2) is 0 Å². The van der Waals surface area contributed by atoms with Crippen molar-refractivity contribution in [1.29, 1.82) is 0 Å². The van der Waals surface area contributed by atoms with Gasteiger partial charge in [0.25, 0.3) is 0 Å². The maximum Gasteiger partial charge on any atom is 0.0289 e. The molecule has 0 aliphatic rings. The molecule has 0 aliphatic heterocycles. The average Bonchev–Trinajstić information content (AvgIpc) is 2.46. The highest BCUT2D eigenvalue weighted by molar-refractivity contribution is 9.10. The third kappa shape index (κ3) is 4.37. The van der Waals surface area contributed by atoms with Gasteiger partial charge >= 0.3 is 0 Å². The first-order chi connectivity index (χ1) is 9.19. The summed E-state index contributed by atoms with van der Waals surface area (Å²) in [4.78, 5) is 1.31. The first-order valence-electron chi connectivity index (χ1n) is 6.33. The van der Waals surface area contributed by atoms with Crippen LogP contribution in [-0.2, 0) is 5.75 Å². The normalized spacial score (nSPS) is 12.4. The molecule has 0 bridgehead atoms. The van der Waals surface area contributed by atoms with Crippen molar-refractivity contribution in [2.45, 2.75) is 23.6 Å². The molecule has 3 heteroatoms. The van der Waals surface area contributed by atoms with E-state index in [-0.39, 0.29) is 0 Å². The van der Waals surface area contributed by atoms with Crippen LogP contribution in [0.15, 0.2) is 57.9 Å². The van der Waals surface area contributed by atoms with E-state index < -0.39 is 0 Å². The summed E-state index contributed by atoms with van der Waals surface area (Å²) in [6.07, 6.45) is 0. The van der Waals surface area contributed by atoms with Crippen LogP contribution in [0, 0.1) is 0 Å². The van der Waals surface area contributed by atoms with Crippen LogP contribution in [0.25, 0.3) is 0 Å². The highest BCUT2D eigenvalue weighted by Crippen LogP contribution is 2.25.